The van der Waals surface area contributed by atoms with E-state index in [1.165, 1.54) is 17.7 Å². The van der Waals surface area contributed by atoms with Crippen molar-refractivity contribution in [1.29, 1.82) is 0 Å². The molecule has 3 rings (SSSR count). The van der Waals surface area contributed by atoms with E-state index < -0.39 is 23.3 Å². The van der Waals surface area contributed by atoms with Crippen molar-refractivity contribution in [3.63, 3.8) is 0 Å². The summed E-state index contributed by atoms with van der Waals surface area (Å²) in [6.07, 6.45) is 1.68. The minimum absolute atomic E-state index is 0.0173. The van der Waals surface area contributed by atoms with Crippen LogP contribution in [0.3, 0.4) is 0 Å². The fourth-order valence-electron chi connectivity index (χ4n) is 2.73. The monoisotopic (exact) mass is 377 g/mol. The van der Waals surface area contributed by atoms with Crippen molar-refractivity contribution in [3.8, 4) is 5.88 Å². The maximum atomic E-state index is 12.8. The van der Waals surface area contributed by atoms with Gasteiger partial charge in [-0.05, 0) is 18.3 Å². The van der Waals surface area contributed by atoms with Crippen molar-refractivity contribution in [2.75, 3.05) is 7.11 Å². The normalized spacial score (nSPS) is 14.4. The molecule has 0 spiro atoms. The summed E-state index contributed by atoms with van der Waals surface area (Å²) >= 11 is 0. The van der Waals surface area contributed by atoms with Crippen molar-refractivity contribution in [2.45, 2.75) is 46.2 Å². The van der Waals surface area contributed by atoms with Gasteiger partial charge in [0.05, 0.1) is 7.11 Å². The minimum atomic E-state index is -0.790. The van der Waals surface area contributed by atoms with Crippen LogP contribution >= 0.6 is 0 Å². The number of nitrogens with zero attached hydrogens (tertiary/aromatic N) is 3. The number of fused-ring (bicyclic) bond motifs is 1. The molecular weight excluding hydrogens is 354 g/mol. The van der Waals surface area contributed by atoms with Gasteiger partial charge < -0.3 is 10.4 Å². The van der Waals surface area contributed by atoms with Crippen LogP contribution in [0.4, 0.5) is 0 Å². The second kappa shape index (κ2) is 6.69. The molecular formula is C17H23N5O5. The van der Waals surface area contributed by atoms with E-state index >= 15 is 0 Å². The lowest BCUT2D eigenvalue weighted by atomic mass is 9.96. The molecule has 1 saturated carbocycles. The Morgan fingerprint density at radius 2 is 2.00 bits per heavy atom. The molecule has 0 unspecified atom stereocenters. The van der Waals surface area contributed by atoms with Gasteiger partial charge in [0.2, 0.25) is 5.88 Å². The van der Waals surface area contributed by atoms with Crippen LogP contribution in [0, 0.1) is 5.41 Å². The Morgan fingerprint density at radius 1 is 1.33 bits per heavy atom. The van der Waals surface area contributed by atoms with Crippen molar-refractivity contribution in [3.05, 3.63) is 27.7 Å². The number of hydrogen-bond donors (Lipinski definition) is 3. The third kappa shape index (κ3) is 3.80. The van der Waals surface area contributed by atoms with Gasteiger partial charge in [-0.15, -0.1) is 0 Å². The number of hydrogen-bond acceptors (Lipinski definition) is 6. The summed E-state index contributed by atoms with van der Waals surface area (Å²) < 4.78 is 2.37. The number of carbonyl (C=O) groups is 2. The summed E-state index contributed by atoms with van der Waals surface area (Å²) in [5, 5.41) is 17.4. The van der Waals surface area contributed by atoms with E-state index in [1.54, 1.807) is 0 Å². The highest BCUT2D eigenvalue weighted by atomic mass is 16.6. The van der Waals surface area contributed by atoms with Gasteiger partial charge in [-0.25, -0.2) is 5.48 Å². The van der Waals surface area contributed by atoms with Crippen LogP contribution < -0.4 is 16.4 Å². The number of aromatic nitrogens is 3. The van der Waals surface area contributed by atoms with E-state index in [-0.39, 0.29) is 28.4 Å². The standard InChI is InChI=1S/C17H23N5O5/c1-17(2,3)8-21-11-7-10(13(23)20-27-4)19-22(11)16(26)12(15(21)25)14(24)18-9-5-6-9/h7,9,25H,5-6,8H2,1-4H3,(H,18,24)(H,20,23). The fourth-order valence-corrected chi connectivity index (χ4v) is 2.73. The SMILES string of the molecule is CONC(=O)c1cc2n(CC(C)(C)C)c(O)c(C(=O)NC3CC3)c(=O)n2n1. The first kappa shape index (κ1) is 18.9. The lowest BCUT2D eigenvalue weighted by molar-refractivity contribution is 0.0532. The molecule has 146 valence electrons. The van der Waals surface area contributed by atoms with Crippen LogP contribution in [-0.4, -0.2) is 44.3 Å². The molecule has 2 aromatic rings. The van der Waals surface area contributed by atoms with Crippen LogP contribution in [0.25, 0.3) is 5.65 Å². The molecule has 3 N–H and O–H groups in total. The van der Waals surface area contributed by atoms with Gasteiger partial charge in [0.1, 0.15) is 5.65 Å². The van der Waals surface area contributed by atoms with Gasteiger partial charge in [0.25, 0.3) is 17.4 Å². The summed E-state index contributed by atoms with van der Waals surface area (Å²) in [6, 6.07) is 1.38. The molecule has 1 aliphatic carbocycles. The zero-order valence-corrected chi connectivity index (χ0v) is 15.7. The average Bonchev–Trinajstić information content (AvgIpc) is 3.24. The van der Waals surface area contributed by atoms with Gasteiger partial charge in [-0.2, -0.15) is 9.61 Å². The Hall–Kier alpha value is -2.88. The number of nitrogens with one attached hydrogen (secondary N) is 2. The third-order valence-electron chi connectivity index (χ3n) is 4.05. The Balaban J connectivity index is 2.21. The number of carbonyl (C=O) groups excluding carboxylic acids is 2. The molecule has 0 aromatic carbocycles. The highest BCUT2D eigenvalue weighted by Crippen LogP contribution is 2.26. The minimum Gasteiger partial charge on any atom is -0.494 e. The molecule has 10 nitrogen and oxygen atoms in total. The summed E-state index contributed by atoms with van der Waals surface area (Å²) in [4.78, 5) is 41.9. The lowest BCUT2D eigenvalue weighted by Crippen LogP contribution is -2.35. The molecule has 0 atom stereocenters. The van der Waals surface area contributed by atoms with Crippen molar-refractivity contribution in [2.24, 2.45) is 5.41 Å². The maximum Gasteiger partial charge on any atom is 0.295 e. The first-order valence-corrected chi connectivity index (χ1v) is 8.62. The van der Waals surface area contributed by atoms with E-state index in [2.05, 4.69) is 20.7 Å². The van der Waals surface area contributed by atoms with Crippen LogP contribution in [0.5, 0.6) is 5.88 Å². The first-order valence-electron chi connectivity index (χ1n) is 8.62. The van der Waals surface area contributed by atoms with Gasteiger partial charge in [-0.3, -0.25) is 23.8 Å². The lowest BCUT2D eigenvalue weighted by Gasteiger charge is -2.23. The van der Waals surface area contributed by atoms with E-state index in [0.29, 0.717) is 6.54 Å². The molecule has 0 aliphatic heterocycles. The molecule has 27 heavy (non-hydrogen) atoms. The second-order valence-corrected chi connectivity index (χ2v) is 7.83. The van der Waals surface area contributed by atoms with Crippen molar-refractivity contribution < 1.29 is 19.5 Å². The molecule has 2 aromatic heterocycles. The molecule has 1 aliphatic rings. The number of aromatic hydroxyl groups is 1. The smallest absolute Gasteiger partial charge is 0.295 e. The predicted molar refractivity (Wildman–Crippen MR) is 95.5 cm³/mol. The predicted octanol–water partition coefficient (Wildman–Crippen LogP) is 0.431. The van der Waals surface area contributed by atoms with E-state index in [4.69, 9.17) is 0 Å². The number of hydroxylamine groups is 1. The summed E-state index contributed by atoms with van der Waals surface area (Å²) in [5.74, 6) is -1.74. The highest BCUT2D eigenvalue weighted by molar-refractivity contribution is 5.97. The number of rotatable bonds is 5. The summed E-state index contributed by atoms with van der Waals surface area (Å²) in [7, 11) is 1.28. The summed E-state index contributed by atoms with van der Waals surface area (Å²) in [5.41, 5.74) is 0.801. The topological polar surface area (TPSA) is 127 Å². The first-order chi connectivity index (χ1) is 12.6. The fraction of sp³-hybridized carbons (Fsp3) is 0.529. The van der Waals surface area contributed by atoms with Gasteiger partial charge in [0, 0.05) is 18.7 Å². The van der Waals surface area contributed by atoms with Crippen LogP contribution in [0.15, 0.2) is 10.9 Å². The Labute approximate surface area is 155 Å². The molecule has 2 amide bonds. The molecule has 0 radical (unpaired) electrons. The number of amides is 2. The van der Waals surface area contributed by atoms with Gasteiger partial charge in [-0.1, -0.05) is 20.8 Å². The largest absolute Gasteiger partial charge is 0.494 e. The van der Waals surface area contributed by atoms with Crippen molar-refractivity contribution in [1.82, 2.24) is 25.0 Å². The molecule has 1 fully saturated rings. The Kier molecular flexibility index (Phi) is 4.68. The van der Waals surface area contributed by atoms with Crippen LogP contribution in [0.1, 0.15) is 54.5 Å². The zero-order chi connectivity index (χ0) is 19.9. The van der Waals surface area contributed by atoms with Gasteiger partial charge in [0.15, 0.2) is 11.3 Å². The van der Waals surface area contributed by atoms with E-state index in [9.17, 15) is 19.5 Å². The Morgan fingerprint density at radius 3 is 2.56 bits per heavy atom. The van der Waals surface area contributed by atoms with Crippen LogP contribution in [-0.2, 0) is 11.4 Å². The molecule has 0 bridgehead atoms. The third-order valence-corrected chi connectivity index (χ3v) is 4.05. The molecule has 2 heterocycles. The van der Waals surface area contributed by atoms with Gasteiger partial charge >= 0.3 is 0 Å². The van der Waals surface area contributed by atoms with E-state index in [0.717, 1.165) is 17.4 Å². The van der Waals surface area contributed by atoms with Crippen molar-refractivity contribution >= 4 is 17.5 Å². The average molecular weight is 377 g/mol. The maximum absolute atomic E-state index is 12.8. The van der Waals surface area contributed by atoms with E-state index in [1.807, 2.05) is 20.8 Å². The zero-order valence-electron chi connectivity index (χ0n) is 15.7. The second-order valence-electron chi connectivity index (χ2n) is 7.83. The highest BCUT2D eigenvalue weighted by Gasteiger charge is 2.30. The molecule has 0 saturated heterocycles. The summed E-state index contributed by atoms with van der Waals surface area (Å²) in [6.45, 7) is 6.13. The molecule has 10 heteroatoms. The Bertz CT molecular complexity index is 965. The van der Waals surface area contributed by atoms with Crippen LogP contribution in [0.2, 0.25) is 0 Å². The quantitative estimate of drug-likeness (QED) is 0.649.